The Bertz CT molecular complexity index is 1210. The summed E-state index contributed by atoms with van der Waals surface area (Å²) in [6.45, 7) is 8.98. The second-order valence-electron chi connectivity index (χ2n) is 7.89. The predicted octanol–water partition coefficient (Wildman–Crippen LogP) is 5.92. The van der Waals surface area contributed by atoms with Crippen LogP contribution in [0.3, 0.4) is 0 Å². The predicted molar refractivity (Wildman–Crippen MR) is 108 cm³/mol. The van der Waals surface area contributed by atoms with E-state index in [2.05, 4.69) is 56.9 Å². The topological polar surface area (TPSA) is 38.7 Å². The van der Waals surface area contributed by atoms with E-state index in [-0.39, 0.29) is 5.41 Å². The summed E-state index contributed by atoms with van der Waals surface area (Å²) >= 11 is 1.73. The molecule has 1 aliphatic rings. The van der Waals surface area contributed by atoms with Crippen LogP contribution in [0.15, 0.2) is 52.6 Å². The van der Waals surface area contributed by atoms with Gasteiger partial charge in [0, 0.05) is 33.6 Å². The van der Waals surface area contributed by atoms with E-state index in [1.165, 1.54) is 26.8 Å². The van der Waals surface area contributed by atoms with Crippen molar-refractivity contribution in [3.8, 4) is 11.3 Å². The second kappa shape index (κ2) is 5.27. The minimum absolute atomic E-state index is 0.0818. The first kappa shape index (κ1) is 15.8. The Labute approximate surface area is 156 Å². The molecule has 5 rings (SSSR count). The van der Waals surface area contributed by atoms with Gasteiger partial charge in [-0.3, -0.25) is 4.98 Å². The van der Waals surface area contributed by atoms with Crippen LogP contribution < -0.4 is 0 Å². The lowest BCUT2D eigenvalue weighted by Crippen LogP contribution is -2.13. The molecule has 0 N–H and O–H groups in total. The van der Waals surface area contributed by atoms with Crippen LogP contribution in [0.2, 0.25) is 0 Å². The second-order valence-corrected chi connectivity index (χ2v) is 8.92. The van der Waals surface area contributed by atoms with E-state index in [0.29, 0.717) is 0 Å². The van der Waals surface area contributed by atoms with Gasteiger partial charge in [-0.1, -0.05) is 38.6 Å². The van der Waals surface area contributed by atoms with Crippen molar-refractivity contribution in [1.82, 2.24) is 15.0 Å². The van der Waals surface area contributed by atoms with Crippen LogP contribution in [-0.2, 0) is 5.41 Å². The fourth-order valence-electron chi connectivity index (χ4n) is 3.77. The van der Waals surface area contributed by atoms with Crippen molar-refractivity contribution in [3.63, 3.8) is 0 Å². The maximum atomic E-state index is 4.83. The van der Waals surface area contributed by atoms with Gasteiger partial charge < -0.3 is 0 Å². The van der Waals surface area contributed by atoms with Gasteiger partial charge in [0.05, 0.1) is 5.69 Å². The summed E-state index contributed by atoms with van der Waals surface area (Å²) in [5.74, 6) is 0. The SMILES string of the molecule is Cc1cnc2c3c(ccc(C(C)(C)C)c13)Sc1nc3ncccc3cc1-2. The maximum absolute atomic E-state index is 4.83. The number of benzene rings is 1. The molecule has 3 aromatic heterocycles. The average molecular weight is 357 g/mol. The Morgan fingerprint density at radius 2 is 1.85 bits per heavy atom. The molecule has 0 fully saturated rings. The van der Waals surface area contributed by atoms with Crippen LogP contribution >= 0.6 is 11.8 Å². The lowest BCUT2D eigenvalue weighted by Gasteiger charge is -2.26. The molecule has 0 unspecified atom stereocenters. The summed E-state index contributed by atoms with van der Waals surface area (Å²) in [6.07, 6.45) is 3.80. The smallest absolute Gasteiger partial charge is 0.160 e. The van der Waals surface area contributed by atoms with Crippen molar-refractivity contribution < 1.29 is 0 Å². The van der Waals surface area contributed by atoms with Crippen LogP contribution in [0.4, 0.5) is 0 Å². The molecule has 0 bridgehead atoms. The zero-order valence-electron chi connectivity index (χ0n) is 15.3. The van der Waals surface area contributed by atoms with Gasteiger partial charge in [-0.25, -0.2) is 9.97 Å². The zero-order valence-corrected chi connectivity index (χ0v) is 16.1. The van der Waals surface area contributed by atoms with Crippen LogP contribution in [-0.4, -0.2) is 15.0 Å². The van der Waals surface area contributed by atoms with Crippen LogP contribution in [0.25, 0.3) is 33.1 Å². The fourth-order valence-corrected chi connectivity index (χ4v) is 4.82. The van der Waals surface area contributed by atoms with E-state index in [9.17, 15) is 0 Å². The summed E-state index contributed by atoms with van der Waals surface area (Å²) in [5, 5.41) is 4.65. The summed E-state index contributed by atoms with van der Waals surface area (Å²) in [6, 6.07) is 10.7. The number of pyridine rings is 3. The van der Waals surface area contributed by atoms with Gasteiger partial charge in [0.2, 0.25) is 0 Å². The highest BCUT2D eigenvalue weighted by Gasteiger charge is 2.27. The Kier molecular flexibility index (Phi) is 3.20. The van der Waals surface area contributed by atoms with Gasteiger partial charge >= 0.3 is 0 Å². The summed E-state index contributed by atoms with van der Waals surface area (Å²) < 4.78 is 0. The number of hydrogen-bond donors (Lipinski definition) is 0. The molecule has 4 heteroatoms. The Hall–Kier alpha value is -2.46. The third-order valence-corrected chi connectivity index (χ3v) is 6.07. The van der Waals surface area contributed by atoms with E-state index in [0.717, 1.165) is 27.3 Å². The number of fused-ring (bicyclic) bond motifs is 3. The number of rotatable bonds is 0. The van der Waals surface area contributed by atoms with E-state index < -0.39 is 0 Å². The molecular formula is C22H19N3S. The minimum atomic E-state index is 0.0818. The van der Waals surface area contributed by atoms with Gasteiger partial charge in [0.1, 0.15) is 5.03 Å². The highest BCUT2D eigenvalue weighted by Crippen LogP contribution is 2.49. The van der Waals surface area contributed by atoms with Crippen LogP contribution in [0, 0.1) is 6.92 Å². The molecule has 3 nitrogen and oxygen atoms in total. The molecule has 0 saturated heterocycles. The van der Waals surface area contributed by atoms with Gasteiger partial charge in [-0.2, -0.15) is 0 Å². The van der Waals surface area contributed by atoms with Crippen molar-refractivity contribution in [2.75, 3.05) is 0 Å². The molecule has 4 aromatic rings. The Balaban J connectivity index is 1.92. The lowest BCUT2D eigenvalue weighted by molar-refractivity contribution is 0.595. The molecule has 26 heavy (non-hydrogen) atoms. The number of hydrogen-bond acceptors (Lipinski definition) is 4. The average Bonchev–Trinajstić information content (AvgIpc) is 2.61. The molecule has 4 heterocycles. The van der Waals surface area contributed by atoms with Crippen molar-refractivity contribution in [3.05, 3.63) is 53.9 Å². The van der Waals surface area contributed by atoms with Crippen molar-refractivity contribution in [1.29, 1.82) is 0 Å². The first-order valence-electron chi connectivity index (χ1n) is 8.80. The van der Waals surface area contributed by atoms with Gasteiger partial charge in [0.25, 0.3) is 0 Å². The molecule has 0 saturated carbocycles. The Morgan fingerprint density at radius 1 is 1.00 bits per heavy atom. The van der Waals surface area contributed by atoms with E-state index in [1.54, 1.807) is 18.0 Å². The van der Waals surface area contributed by atoms with E-state index in [1.807, 2.05) is 12.3 Å². The largest absolute Gasteiger partial charge is 0.255 e. The highest BCUT2D eigenvalue weighted by molar-refractivity contribution is 7.99. The third-order valence-electron chi connectivity index (χ3n) is 5.01. The van der Waals surface area contributed by atoms with Crippen LogP contribution in [0.1, 0.15) is 31.9 Å². The van der Waals surface area contributed by atoms with Crippen molar-refractivity contribution in [2.24, 2.45) is 0 Å². The lowest BCUT2D eigenvalue weighted by atomic mass is 9.82. The highest BCUT2D eigenvalue weighted by atomic mass is 32.2. The normalized spacial score (nSPS) is 13.2. The van der Waals surface area contributed by atoms with Gasteiger partial charge in [0.15, 0.2) is 5.65 Å². The standard InChI is InChI=1S/C22H19N3S/c1-12-11-24-19-14-10-13-6-5-9-23-20(13)25-21(14)26-16-8-7-15(22(2,3)4)17(12)18(16)19/h5-11H,1-4H3. The summed E-state index contributed by atoms with van der Waals surface area (Å²) in [5.41, 5.74) is 5.62. The van der Waals surface area contributed by atoms with Crippen molar-refractivity contribution >= 4 is 33.6 Å². The molecule has 1 aromatic carbocycles. The van der Waals surface area contributed by atoms with Crippen LogP contribution in [0.5, 0.6) is 0 Å². The van der Waals surface area contributed by atoms with Gasteiger partial charge in [-0.05, 0) is 53.1 Å². The molecule has 0 aliphatic carbocycles. The number of nitrogens with zero attached hydrogens (tertiary/aromatic N) is 3. The summed E-state index contributed by atoms with van der Waals surface area (Å²) in [4.78, 5) is 15.3. The summed E-state index contributed by atoms with van der Waals surface area (Å²) in [7, 11) is 0. The molecule has 0 amide bonds. The first-order chi connectivity index (χ1) is 12.4. The molecule has 128 valence electrons. The first-order valence-corrected chi connectivity index (χ1v) is 9.62. The quantitative estimate of drug-likeness (QED) is 0.345. The Morgan fingerprint density at radius 3 is 2.65 bits per heavy atom. The molecule has 1 aliphatic heterocycles. The molecule has 0 radical (unpaired) electrons. The third kappa shape index (κ3) is 2.18. The maximum Gasteiger partial charge on any atom is 0.160 e. The molecular weight excluding hydrogens is 338 g/mol. The minimum Gasteiger partial charge on any atom is -0.255 e. The van der Waals surface area contributed by atoms with Gasteiger partial charge in [-0.15, -0.1) is 0 Å². The number of aromatic nitrogens is 3. The monoisotopic (exact) mass is 357 g/mol. The fraction of sp³-hybridized carbons (Fsp3) is 0.227. The van der Waals surface area contributed by atoms with E-state index in [4.69, 9.17) is 9.97 Å². The zero-order chi connectivity index (χ0) is 18.1. The van der Waals surface area contributed by atoms with Crippen molar-refractivity contribution in [2.45, 2.75) is 43.0 Å². The molecule has 0 spiro atoms. The number of aryl methyl sites for hydroxylation is 1. The van der Waals surface area contributed by atoms with E-state index >= 15 is 0 Å². The molecule has 0 atom stereocenters.